The molecule has 1 fully saturated rings. The molecule has 0 aromatic heterocycles. The SMILES string of the molecule is O/N=C1/c2ccccc2C=C[C@H]2C[C@@H]12. The number of benzene rings is 1. The van der Waals surface area contributed by atoms with E-state index in [4.69, 9.17) is 5.21 Å². The zero-order chi connectivity index (χ0) is 9.54. The predicted octanol–water partition coefficient (Wildman–Crippen LogP) is 2.53. The Hall–Kier alpha value is -1.57. The Balaban J connectivity index is 2.20. The maximum Gasteiger partial charge on any atom is 0.0910 e. The van der Waals surface area contributed by atoms with Crippen molar-refractivity contribution in [1.29, 1.82) is 0 Å². The van der Waals surface area contributed by atoms with Crippen LogP contribution < -0.4 is 0 Å². The molecular formula is C12H11NO. The summed E-state index contributed by atoms with van der Waals surface area (Å²) in [5.74, 6) is 1.04. The Kier molecular flexibility index (Phi) is 1.51. The van der Waals surface area contributed by atoms with Gasteiger partial charge in [0.25, 0.3) is 0 Å². The molecule has 1 aromatic rings. The van der Waals surface area contributed by atoms with E-state index >= 15 is 0 Å². The minimum absolute atomic E-state index is 0.444. The van der Waals surface area contributed by atoms with E-state index in [1.54, 1.807) is 0 Å². The maximum absolute atomic E-state index is 9.02. The van der Waals surface area contributed by atoms with Crippen molar-refractivity contribution < 1.29 is 5.21 Å². The third kappa shape index (κ3) is 1.00. The van der Waals surface area contributed by atoms with Crippen LogP contribution in [0.5, 0.6) is 0 Å². The Morgan fingerprint density at radius 2 is 2.14 bits per heavy atom. The highest BCUT2D eigenvalue weighted by atomic mass is 16.4. The van der Waals surface area contributed by atoms with Crippen LogP contribution in [0.25, 0.3) is 6.08 Å². The van der Waals surface area contributed by atoms with Gasteiger partial charge in [0.1, 0.15) is 0 Å². The monoisotopic (exact) mass is 185 g/mol. The highest BCUT2D eigenvalue weighted by Crippen LogP contribution is 2.45. The average Bonchev–Trinajstić information content (AvgIpc) is 2.96. The highest BCUT2D eigenvalue weighted by Gasteiger charge is 2.41. The normalized spacial score (nSPS) is 30.7. The first-order chi connectivity index (χ1) is 6.90. The maximum atomic E-state index is 9.02. The predicted molar refractivity (Wildman–Crippen MR) is 55.4 cm³/mol. The lowest BCUT2D eigenvalue weighted by molar-refractivity contribution is 0.317. The minimum atomic E-state index is 0.444. The van der Waals surface area contributed by atoms with E-state index in [2.05, 4.69) is 23.4 Å². The van der Waals surface area contributed by atoms with E-state index in [1.807, 2.05) is 18.2 Å². The van der Waals surface area contributed by atoms with Crippen molar-refractivity contribution in [2.75, 3.05) is 0 Å². The Bertz CT molecular complexity index is 434. The quantitative estimate of drug-likeness (QED) is 0.489. The summed E-state index contributed by atoms with van der Waals surface area (Å²) in [7, 11) is 0. The summed E-state index contributed by atoms with van der Waals surface area (Å²) < 4.78 is 0. The second-order valence-electron chi connectivity index (χ2n) is 3.94. The fourth-order valence-corrected chi connectivity index (χ4v) is 2.17. The van der Waals surface area contributed by atoms with Crippen molar-refractivity contribution in [2.24, 2.45) is 17.0 Å². The molecule has 14 heavy (non-hydrogen) atoms. The fraction of sp³-hybridized carbons (Fsp3) is 0.250. The van der Waals surface area contributed by atoms with E-state index < -0.39 is 0 Å². The third-order valence-corrected chi connectivity index (χ3v) is 3.06. The van der Waals surface area contributed by atoms with Crippen LogP contribution in [-0.2, 0) is 0 Å². The van der Waals surface area contributed by atoms with Crippen molar-refractivity contribution in [2.45, 2.75) is 6.42 Å². The number of hydrogen-bond donors (Lipinski definition) is 1. The van der Waals surface area contributed by atoms with Crippen molar-refractivity contribution in [3.05, 3.63) is 41.5 Å². The smallest absolute Gasteiger partial charge is 0.0910 e. The standard InChI is InChI=1S/C12H11NO/c14-13-12-10-4-2-1-3-8(10)5-6-9-7-11(9)12/h1-6,9,11,14H,7H2/b13-12-/t9-,11+/m0/s1. The molecule has 0 heterocycles. The minimum Gasteiger partial charge on any atom is -0.411 e. The van der Waals surface area contributed by atoms with E-state index in [0.29, 0.717) is 11.8 Å². The van der Waals surface area contributed by atoms with E-state index in [9.17, 15) is 0 Å². The molecule has 0 unspecified atom stereocenters. The summed E-state index contributed by atoms with van der Waals surface area (Å²) in [6.45, 7) is 0. The lowest BCUT2D eigenvalue weighted by Crippen LogP contribution is -2.05. The van der Waals surface area contributed by atoms with Crippen LogP contribution in [0.2, 0.25) is 0 Å². The van der Waals surface area contributed by atoms with Crippen LogP contribution in [0.15, 0.2) is 35.5 Å². The molecule has 2 heteroatoms. The molecule has 0 spiro atoms. The van der Waals surface area contributed by atoms with E-state index in [1.165, 1.54) is 0 Å². The summed E-state index contributed by atoms with van der Waals surface area (Å²) in [6, 6.07) is 8.08. The van der Waals surface area contributed by atoms with Crippen LogP contribution >= 0.6 is 0 Å². The van der Waals surface area contributed by atoms with Crippen molar-refractivity contribution in [1.82, 2.24) is 0 Å². The van der Waals surface area contributed by atoms with Crippen LogP contribution in [-0.4, -0.2) is 10.9 Å². The Morgan fingerprint density at radius 3 is 3.00 bits per heavy atom. The van der Waals surface area contributed by atoms with Crippen LogP contribution in [0.4, 0.5) is 0 Å². The van der Waals surface area contributed by atoms with Gasteiger partial charge in [0.15, 0.2) is 0 Å². The molecule has 0 saturated heterocycles. The average molecular weight is 185 g/mol. The molecule has 1 N–H and O–H groups in total. The van der Waals surface area contributed by atoms with Gasteiger partial charge in [-0.1, -0.05) is 41.6 Å². The number of rotatable bonds is 0. The van der Waals surface area contributed by atoms with Gasteiger partial charge in [-0.3, -0.25) is 0 Å². The molecular weight excluding hydrogens is 174 g/mol. The molecule has 1 saturated carbocycles. The van der Waals surface area contributed by atoms with Crippen LogP contribution in [0.3, 0.4) is 0 Å². The molecule has 0 radical (unpaired) electrons. The molecule has 2 nitrogen and oxygen atoms in total. The molecule has 70 valence electrons. The summed E-state index contributed by atoms with van der Waals surface area (Å²) in [5.41, 5.74) is 3.10. The summed E-state index contributed by atoms with van der Waals surface area (Å²) in [5, 5.41) is 12.5. The number of nitrogens with zero attached hydrogens (tertiary/aromatic N) is 1. The van der Waals surface area contributed by atoms with Crippen LogP contribution in [0.1, 0.15) is 17.5 Å². The van der Waals surface area contributed by atoms with Crippen molar-refractivity contribution in [3.63, 3.8) is 0 Å². The number of hydrogen-bond acceptors (Lipinski definition) is 2. The van der Waals surface area contributed by atoms with Gasteiger partial charge in [-0.05, 0) is 17.9 Å². The second-order valence-corrected chi connectivity index (χ2v) is 3.94. The summed E-state index contributed by atoms with van der Waals surface area (Å²) in [6.07, 6.45) is 5.49. The largest absolute Gasteiger partial charge is 0.411 e. The number of allylic oxidation sites excluding steroid dienone is 1. The van der Waals surface area contributed by atoms with Crippen molar-refractivity contribution in [3.8, 4) is 0 Å². The molecule has 0 bridgehead atoms. The first-order valence-corrected chi connectivity index (χ1v) is 4.89. The van der Waals surface area contributed by atoms with E-state index in [-0.39, 0.29) is 0 Å². The van der Waals surface area contributed by atoms with Gasteiger partial charge in [-0.2, -0.15) is 0 Å². The highest BCUT2D eigenvalue weighted by molar-refractivity contribution is 6.07. The van der Waals surface area contributed by atoms with Gasteiger partial charge in [0.2, 0.25) is 0 Å². The van der Waals surface area contributed by atoms with Gasteiger partial charge in [-0.25, -0.2) is 0 Å². The van der Waals surface area contributed by atoms with Crippen LogP contribution in [0, 0.1) is 11.8 Å². The molecule has 2 aliphatic rings. The lowest BCUT2D eigenvalue weighted by Gasteiger charge is -2.05. The molecule has 3 rings (SSSR count). The Labute approximate surface area is 82.6 Å². The summed E-state index contributed by atoms with van der Waals surface area (Å²) >= 11 is 0. The number of oxime groups is 1. The van der Waals surface area contributed by atoms with Gasteiger partial charge in [0, 0.05) is 11.5 Å². The van der Waals surface area contributed by atoms with E-state index in [0.717, 1.165) is 23.3 Å². The molecule has 0 amide bonds. The first kappa shape index (κ1) is 7.80. The molecule has 2 aliphatic carbocycles. The third-order valence-electron chi connectivity index (χ3n) is 3.06. The van der Waals surface area contributed by atoms with Gasteiger partial charge in [0.05, 0.1) is 5.71 Å². The lowest BCUT2D eigenvalue weighted by atomic mass is 10.0. The molecule has 0 aliphatic heterocycles. The topological polar surface area (TPSA) is 32.6 Å². The van der Waals surface area contributed by atoms with Gasteiger partial charge >= 0.3 is 0 Å². The Morgan fingerprint density at radius 1 is 1.29 bits per heavy atom. The first-order valence-electron chi connectivity index (χ1n) is 4.89. The van der Waals surface area contributed by atoms with Crippen molar-refractivity contribution >= 4 is 11.8 Å². The zero-order valence-electron chi connectivity index (χ0n) is 7.72. The number of fused-ring (bicyclic) bond motifs is 2. The van der Waals surface area contributed by atoms with Gasteiger partial charge < -0.3 is 5.21 Å². The summed E-state index contributed by atoms with van der Waals surface area (Å²) in [4.78, 5) is 0. The molecule has 1 aromatic carbocycles. The zero-order valence-corrected chi connectivity index (χ0v) is 7.72. The van der Waals surface area contributed by atoms with Gasteiger partial charge in [-0.15, -0.1) is 0 Å². The second kappa shape index (κ2) is 2.71. The molecule has 2 atom stereocenters. The fourth-order valence-electron chi connectivity index (χ4n) is 2.17.